The van der Waals surface area contributed by atoms with E-state index in [0.29, 0.717) is 18.5 Å². The molecule has 0 saturated carbocycles. The van der Waals surface area contributed by atoms with Crippen molar-refractivity contribution in [3.05, 3.63) is 28.6 Å². The van der Waals surface area contributed by atoms with Crippen molar-refractivity contribution in [1.82, 2.24) is 10.3 Å². The fourth-order valence-corrected chi connectivity index (χ4v) is 4.47. The zero-order valence-electron chi connectivity index (χ0n) is 12.2. The molecular formula is C14H17N3O2S3. The molecule has 8 heteroatoms. The van der Waals surface area contributed by atoms with Crippen LogP contribution in [0.1, 0.15) is 12.6 Å². The number of nitrogens with zero attached hydrogens (tertiary/aromatic N) is 2. The smallest absolute Gasteiger partial charge is 0.186 e. The lowest BCUT2D eigenvalue weighted by molar-refractivity contribution is -0.109. The fraction of sp³-hybridized carbons (Fsp3) is 0.429. The molecule has 1 N–H and O–H groups in total. The van der Waals surface area contributed by atoms with Crippen LogP contribution >= 0.6 is 34.4 Å². The van der Waals surface area contributed by atoms with Crippen molar-refractivity contribution in [2.75, 3.05) is 24.7 Å². The zero-order chi connectivity index (χ0) is 15.4. The summed E-state index contributed by atoms with van der Waals surface area (Å²) in [6.07, 6.45) is 0. The molecular weight excluding hydrogens is 338 g/mol. The van der Waals surface area contributed by atoms with Crippen LogP contribution in [0.25, 0.3) is 0 Å². The maximum Gasteiger partial charge on any atom is 0.186 e. The summed E-state index contributed by atoms with van der Waals surface area (Å²) in [5.74, 6) is 0. The van der Waals surface area contributed by atoms with Crippen LogP contribution in [0.3, 0.4) is 0 Å². The van der Waals surface area contributed by atoms with Crippen molar-refractivity contribution in [3.8, 4) is 5.06 Å². The number of anilines is 1. The summed E-state index contributed by atoms with van der Waals surface area (Å²) in [6, 6.07) is 3.92. The summed E-state index contributed by atoms with van der Waals surface area (Å²) in [7, 11) is 0. The number of carbonyl (C=O) groups excluding carboxylic acids is 1. The van der Waals surface area contributed by atoms with Crippen molar-refractivity contribution in [2.45, 2.75) is 18.7 Å². The van der Waals surface area contributed by atoms with Crippen LogP contribution in [0.4, 0.5) is 5.13 Å². The molecule has 0 aliphatic carbocycles. The highest BCUT2D eigenvalue weighted by Crippen LogP contribution is 2.30. The van der Waals surface area contributed by atoms with E-state index in [1.54, 1.807) is 29.6 Å². The quantitative estimate of drug-likeness (QED) is 0.609. The number of thiazole rings is 1. The van der Waals surface area contributed by atoms with E-state index < -0.39 is 0 Å². The number of hydrogen-bond acceptors (Lipinski definition) is 8. The minimum absolute atomic E-state index is 0.194. The predicted molar refractivity (Wildman–Crippen MR) is 93.0 cm³/mol. The number of hydrogen-bond donors (Lipinski definition) is 1. The Morgan fingerprint density at radius 1 is 1.55 bits per heavy atom. The van der Waals surface area contributed by atoms with E-state index in [-0.39, 0.29) is 5.12 Å². The van der Waals surface area contributed by atoms with E-state index in [4.69, 9.17) is 4.74 Å². The third-order valence-electron chi connectivity index (χ3n) is 3.11. The SMILES string of the molecule is CC(=O)SC1CN(c2nc(CNCOc3cccs3)cs2)C1. The van der Waals surface area contributed by atoms with E-state index in [9.17, 15) is 4.79 Å². The van der Waals surface area contributed by atoms with Gasteiger partial charge in [-0.05, 0) is 17.5 Å². The Balaban J connectivity index is 1.38. The minimum atomic E-state index is 0.194. The number of thiophene rings is 1. The molecule has 118 valence electrons. The maximum atomic E-state index is 11.0. The summed E-state index contributed by atoms with van der Waals surface area (Å²) in [6.45, 7) is 4.62. The highest BCUT2D eigenvalue weighted by Gasteiger charge is 2.30. The summed E-state index contributed by atoms with van der Waals surface area (Å²) in [4.78, 5) is 17.9. The number of ether oxygens (including phenoxy) is 1. The van der Waals surface area contributed by atoms with Crippen molar-refractivity contribution < 1.29 is 9.53 Å². The third-order valence-corrected chi connectivity index (χ3v) is 5.80. The van der Waals surface area contributed by atoms with Gasteiger partial charge in [-0.2, -0.15) is 0 Å². The van der Waals surface area contributed by atoms with Crippen LogP contribution in [-0.4, -0.2) is 35.2 Å². The topological polar surface area (TPSA) is 54.5 Å². The van der Waals surface area contributed by atoms with Crippen LogP contribution < -0.4 is 15.0 Å². The molecule has 0 unspecified atom stereocenters. The summed E-state index contributed by atoms with van der Waals surface area (Å²) in [5, 5.41) is 9.85. The third kappa shape index (κ3) is 4.22. The summed E-state index contributed by atoms with van der Waals surface area (Å²) >= 11 is 4.67. The van der Waals surface area contributed by atoms with Gasteiger partial charge in [-0.3, -0.25) is 10.1 Å². The van der Waals surface area contributed by atoms with Crippen molar-refractivity contribution in [3.63, 3.8) is 0 Å². The van der Waals surface area contributed by atoms with Gasteiger partial charge in [0.25, 0.3) is 0 Å². The predicted octanol–water partition coefficient (Wildman–Crippen LogP) is 2.80. The van der Waals surface area contributed by atoms with Crippen LogP contribution in [-0.2, 0) is 11.3 Å². The Morgan fingerprint density at radius 2 is 2.41 bits per heavy atom. The van der Waals surface area contributed by atoms with E-state index in [2.05, 4.69) is 20.6 Å². The van der Waals surface area contributed by atoms with Crippen molar-refractivity contribution in [2.24, 2.45) is 0 Å². The molecule has 2 aromatic rings. The molecule has 1 aliphatic rings. The van der Waals surface area contributed by atoms with Gasteiger partial charge in [0.05, 0.1) is 5.69 Å². The van der Waals surface area contributed by atoms with Gasteiger partial charge in [0.2, 0.25) is 0 Å². The van der Waals surface area contributed by atoms with Gasteiger partial charge in [-0.1, -0.05) is 11.8 Å². The molecule has 1 saturated heterocycles. The monoisotopic (exact) mass is 355 g/mol. The molecule has 2 aromatic heterocycles. The Labute approximate surface area is 141 Å². The molecule has 1 aliphatic heterocycles. The second-order valence-electron chi connectivity index (χ2n) is 4.91. The number of aromatic nitrogens is 1. The zero-order valence-corrected chi connectivity index (χ0v) is 14.6. The highest BCUT2D eigenvalue weighted by molar-refractivity contribution is 8.14. The van der Waals surface area contributed by atoms with Gasteiger partial charge in [0.1, 0.15) is 6.73 Å². The van der Waals surface area contributed by atoms with E-state index in [1.807, 2.05) is 17.5 Å². The Kier molecular flexibility index (Phi) is 5.35. The van der Waals surface area contributed by atoms with E-state index in [1.165, 1.54) is 11.8 Å². The summed E-state index contributed by atoms with van der Waals surface area (Å²) in [5.41, 5.74) is 1.03. The standard InChI is InChI=1S/C14H17N3O2S3/c1-10(18)22-12-6-17(7-12)14-16-11(8-21-14)5-15-9-19-13-3-2-4-20-13/h2-4,8,12,15H,5-7,9H2,1H3. The molecule has 0 spiro atoms. The minimum Gasteiger partial charge on any atom is -0.469 e. The first-order valence-corrected chi connectivity index (χ1v) is 9.58. The lowest BCUT2D eigenvalue weighted by atomic mass is 10.2. The van der Waals surface area contributed by atoms with Gasteiger partial charge in [0, 0.05) is 37.2 Å². The first kappa shape index (κ1) is 15.8. The molecule has 0 bridgehead atoms. The lowest BCUT2D eigenvalue weighted by Crippen LogP contribution is -2.49. The molecule has 3 heterocycles. The number of thioether (sulfide) groups is 1. The summed E-state index contributed by atoms with van der Waals surface area (Å²) < 4.78 is 5.54. The van der Waals surface area contributed by atoms with Gasteiger partial charge >= 0.3 is 0 Å². The van der Waals surface area contributed by atoms with Gasteiger partial charge < -0.3 is 9.64 Å². The van der Waals surface area contributed by atoms with Crippen molar-refractivity contribution >= 4 is 44.7 Å². The second kappa shape index (κ2) is 7.45. The van der Waals surface area contributed by atoms with Crippen LogP contribution in [0, 0.1) is 0 Å². The molecule has 0 radical (unpaired) electrons. The maximum absolute atomic E-state index is 11.0. The van der Waals surface area contributed by atoms with Crippen LogP contribution in [0.2, 0.25) is 0 Å². The Morgan fingerprint density at radius 3 is 3.14 bits per heavy atom. The second-order valence-corrected chi connectivity index (χ2v) is 8.13. The molecule has 0 atom stereocenters. The molecule has 0 aromatic carbocycles. The normalized spacial score (nSPS) is 14.9. The number of carbonyl (C=O) groups is 1. The van der Waals surface area contributed by atoms with Gasteiger partial charge in [0.15, 0.2) is 15.3 Å². The van der Waals surface area contributed by atoms with E-state index >= 15 is 0 Å². The molecule has 22 heavy (non-hydrogen) atoms. The largest absolute Gasteiger partial charge is 0.469 e. The number of nitrogens with one attached hydrogen (secondary N) is 1. The Bertz CT molecular complexity index is 609. The molecule has 5 nitrogen and oxygen atoms in total. The van der Waals surface area contributed by atoms with Gasteiger partial charge in [-0.15, -0.1) is 22.7 Å². The molecule has 1 fully saturated rings. The average Bonchev–Trinajstić information content (AvgIpc) is 3.10. The van der Waals surface area contributed by atoms with Gasteiger partial charge in [-0.25, -0.2) is 4.98 Å². The van der Waals surface area contributed by atoms with Crippen molar-refractivity contribution in [1.29, 1.82) is 0 Å². The first-order valence-electron chi connectivity index (χ1n) is 6.94. The number of rotatable bonds is 7. The highest BCUT2D eigenvalue weighted by atomic mass is 32.2. The fourth-order valence-electron chi connectivity index (χ4n) is 2.07. The van der Waals surface area contributed by atoms with Crippen LogP contribution in [0.5, 0.6) is 5.06 Å². The first-order chi connectivity index (χ1) is 10.7. The molecule has 3 rings (SSSR count). The lowest BCUT2D eigenvalue weighted by Gasteiger charge is -2.37. The average molecular weight is 356 g/mol. The van der Waals surface area contributed by atoms with Crippen LogP contribution in [0.15, 0.2) is 22.9 Å². The Hall–Kier alpha value is -1.09. The van der Waals surface area contributed by atoms with E-state index in [0.717, 1.165) is 29.0 Å². The molecule has 0 amide bonds.